The van der Waals surface area contributed by atoms with E-state index in [4.69, 9.17) is 9.47 Å². The predicted octanol–water partition coefficient (Wildman–Crippen LogP) is 4.63. The molecule has 1 aromatic heterocycles. The highest BCUT2D eigenvalue weighted by Gasteiger charge is 2.08. The largest absolute Gasteiger partial charge is 0.489 e. The zero-order chi connectivity index (χ0) is 17.6. The summed E-state index contributed by atoms with van der Waals surface area (Å²) >= 11 is 0. The molecule has 2 aromatic carbocycles. The molecule has 0 aliphatic carbocycles. The Morgan fingerprint density at radius 2 is 1.96 bits per heavy atom. The summed E-state index contributed by atoms with van der Waals surface area (Å²) < 4.78 is 10.8. The second kappa shape index (κ2) is 7.71. The Balaban J connectivity index is 1.83. The molecule has 0 aliphatic rings. The second-order valence-electron chi connectivity index (χ2n) is 5.73. The highest BCUT2D eigenvalue weighted by molar-refractivity contribution is 5.95. The average Bonchev–Trinajstić information content (AvgIpc) is 2.94. The molecular formula is C21H21NO3. The first kappa shape index (κ1) is 16.8. The van der Waals surface area contributed by atoms with Crippen molar-refractivity contribution >= 4 is 22.9 Å². The SMILES string of the molecule is CCOC(=O)C=Cc1c(C)[nH]c2ccc(OCc3ccccc3)cc12. The minimum absolute atomic E-state index is 0.340. The molecule has 0 bridgehead atoms. The number of esters is 1. The van der Waals surface area contributed by atoms with Crippen LogP contribution in [0, 0.1) is 6.92 Å². The summed E-state index contributed by atoms with van der Waals surface area (Å²) in [5.41, 5.74) is 4.09. The first-order valence-corrected chi connectivity index (χ1v) is 8.31. The van der Waals surface area contributed by atoms with Gasteiger partial charge in [-0.1, -0.05) is 30.3 Å². The number of hydrogen-bond donors (Lipinski definition) is 1. The number of hydrogen-bond acceptors (Lipinski definition) is 3. The Labute approximate surface area is 147 Å². The molecule has 128 valence electrons. The van der Waals surface area contributed by atoms with Crippen LogP contribution < -0.4 is 4.74 Å². The van der Waals surface area contributed by atoms with Gasteiger partial charge in [-0.25, -0.2) is 4.79 Å². The van der Waals surface area contributed by atoms with Gasteiger partial charge in [0.25, 0.3) is 0 Å². The van der Waals surface area contributed by atoms with Crippen LogP contribution in [0.25, 0.3) is 17.0 Å². The van der Waals surface area contributed by atoms with Crippen LogP contribution in [0.5, 0.6) is 5.75 Å². The lowest BCUT2D eigenvalue weighted by Crippen LogP contribution is -1.98. The molecule has 0 radical (unpaired) electrons. The second-order valence-corrected chi connectivity index (χ2v) is 5.73. The van der Waals surface area contributed by atoms with Crippen LogP contribution in [-0.2, 0) is 16.1 Å². The smallest absolute Gasteiger partial charge is 0.330 e. The van der Waals surface area contributed by atoms with Gasteiger partial charge < -0.3 is 14.5 Å². The molecule has 0 amide bonds. The summed E-state index contributed by atoms with van der Waals surface area (Å²) in [6, 6.07) is 16.0. The van der Waals surface area contributed by atoms with Crippen LogP contribution >= 0.6 is 0 Å². The normalized spacial score (nSPS) is 11.1. The molecular weight excluding hydrogens is 314 g/mol. The van der Waals surface area contributed by atoms with Crippen molar-refractivity contribution in [2.24, 2.45) is 0 Å². The fourth-order valence-electron chi connectivity index (χ4n) is 2.71. The number of rotatable bonds is 6. The maximum atomic E-state index is 11.6. The fraction of sp³-hybridized carbons (Fsp3) is 0.190. The van der Waals surface area contributed by atoms with E-state index in [1.54, 1.807) is 13.0 Å². The number of aryl methyl sites for hydroxylation is 1. The summed E-state index contributed by atoms with van der Waals surface area (Å²) in [6.45, 7) is 4.66. The van der Waals surface area contributed by atoms with Gasteiger partial charge >= 0.3 is 5.97 Å². The maximum absolute atomic E-state index is 11.6. The third-order valence-electron chi connectivity index (χ3n) is 3.93. The van der Waals surface area contributed by atoms with Crippen LogP contribution in [-0.4, -0.2) is 17.6 Å². The van der Waals surface area contributed by atoms with Crippen molar-refractivity contribution in [3.8, 4) is 5.75 Å². The molecule has 0 atom stereocenters. The molecule has 0 aliphatic heterocycles. The molecule has 4 heteroatoms. The third-order valence-corrected chi connectivity index (χ3v) is 3.93. The first-order chi connectivity index (χ1) is 12.2. The standard InChI is InChI=1S/C21H21NO3/c1-3-24-21(23)12-10-18-15(2)22-20-11-9-17(13-19(18)20)25-14-16-7-5-4-6-8-16/h4-13,22H,3,14H2,1-2H3. The first-order valence-electron chi connectivity index (χ1n) is 8.31. The third kappa shape index (κ3) is 4.10. The molecule has 25 heavy (non-hydrogen) atoms. The number of ether oxygens (including phenoxy) is 2. The van der Waals surface area contributed by atoms with E-state index in [1.165, 1.54) is 6.08 Å². The van der Waals surface area contributed by atoms with E-state index >= 15 is 0 Å². The van der Waals surface area contributed by atoms with Gasteiger partial charge in [0.2, 0.25) is 0 Å². The van der Waals surface area contributed by atoms with Crippen LogP contribution in [0.1, 0.15) is 23.7 Å². The number of fused-ring (bicyclic) bond motifs is 1. The highest BCUT2D eigenvalue weighted by atomic mass is 16.5. The van der Waals surface area contributed by atoms with Gasteiger partial charge in [0.15, 0.2) is 0 Å². The Morgan fingerprint density at radius 3 is 2.72 bits per heavy atom. The van der Waals surface area contributed by atoms with E-state index in [9.17, 15) is 4.79 Å². The Kier molecular flexibility index (Phi) is 5.19. The summed E-state index contributed by atoms with van der Waals surface area (Å²) in [5.74, 6) is 0.453. The Morgan fingerprint density at radius 1 is 1.16 bits per heavy atom. The molecule has 0 saturated heterocycles. The molecule has 1 heterocycles. The van der Waals surface area contributed by atoms with E-state index in [1.807, 2.05) is 55.5 Å². The molecule has 3 rings (SSSR count). The summed E-state index contributed by atoms with van der Waals surface area (Å²) in [7, 11) is 0. The van der Waals surface area contributed by atoms with Gasteiger partial charge in [0.05, 0.1) is 6.61 Å². The highest BCUT2D eigenvalue weighted by Crippen LogP contribution is 2.28. The van der Waals surface area contributed by atoms with E-state index < -0.39 is 0 Å². The summed E-state index contributed by atoms with van der Waals surface area (Å²) in [6.07, 6.45) is 3.24. The zero-order valence-corrected chi connectivity index (χ0v) is 14.4. The van der Waals surface area contributed by atoms with Crippen molar-refractivity contribution in [2.75, 3.05) is 6.61 Å². The van der Waals surface area contributed by atoms with Gasteiger partial charge in [-0.05, 0) is 43.7 Å². The summed E-state index contributed by atoms with van der Waals surface area (Å²) in [5, 5.41) is 1.02. The van der Waals surface area contributed by atoms with Crippen LogP contribution in [0.3, 0.4) is 0 Å². The zero-order valence-electron chi connectivity index (χ0n) is 14.4. The van der Waals surface area contributed by atoms with E-state index in [2.05, 4.69) is 4.98 Å². The van der Waals surface area contributed by atoms with Crippen molar-refractivity contribution < 1.29 is 14.3 Å². The fourth-order valence-corrected chi connectivity index (χ4v) is 2.71. The molecule has 0 spiro atoms. The van der Waals surface area contributed by atoms with Crippen molar-refractivity contribution in [1.29, 1.82) is 0 Å². The molecule has 3 aromatic rings. The van der Waals surface area contributed by atoms with Crippen molar-refractivity contribution in [1.82, 2.24) is 4.98 Å². The van der Waals surface area contributed by atoms with Crippen LogP contribution in [0.2, 0.25) is 0 Å². The lowest BCUT2D eigenvalue weighted by atomic mass is 10.1. The van der Waals surface area contributed by atoms with E-state index in [0.717, 1.165) is 33.5 Å². The van der Waals surface area contributed by atoms with Gasteiger partial charge in [0.1, 0.15) is 12.4 Å². The number of carbonyl (C=O) groups is 1. The number of nitrogens with one attached hydrogen (secondary N) is 1. The van der Waals surface area contributed by atoms with Gasteiger partial charge in [-0.2, -0.15) is 0 Å². The van der Waals surface area contributed by atoms with E-state index in [0.29, 0.717) is 13.2 Å². The van der Waals surface area contributed by atoms with Crippen molar-refractivity contribution in [3.63, 3.8) is 0 Å². The average molecular weight is 335 g/mol. The molecule has 0 saturated carbocycles. The molecule has 0 unspecified atom stereocenters. The minimum Gasteiger partial charge on any atom is -0.489 e. The monoisotopic (exact) mass is 335 g/mol. The van der Waals surface area contributed by atoms with E-state index in [-0.39, 0.29) is 5.97 Å². The van der Waals surface area contributed by atoms with Crippen LogP contribution in [0.15, 0.2) is 54.6 Å². The van der Waals surface area contributed by atoms with Crippen molar-refractivity contribution in [2.45, 2.75) is 20.5 Å². The van der Waals surface area contributed by atoms with Gasteiger partial charge in [-0.3, -0.25) is 0 Å². The topological polar surface area (TPSA) is 51.3 Å². The minimum atomic E-state index is -0.340. The number of H-pyrrole nitrogens is 1. The number of aromatic amines is 1. The molecule has 0 fully saturated rings. The number of aromatic nitrogens is 1. The molecule has 4 nitrogen and oxygen atoms in total. The van der Waals surface area contributed by atoms with Crippen molar-refractivity contribution in [3.05, 3.63) is 71.4 Å². The lowest BCUT2D eigenvalue weighted by Gasteiger charge is -2.06. The Hall–Kier alpha value is -3.01. The Bertz CT molecular complexity index is 894. The number of benzene rings is 2. The number of carbonyl (C=O) groups excluding carboxylic acids is 1. The molecule has 1 N–H and O–H groups in total. The van der Waals surface area contributed by atoms with Gasteiger partial charge in [0, 0.05) is 28.2 Å². The predicted molar refractivity (Wildman–Crippen MR) is 99.5 cm³/mol. The van der Waals surface area contributed by atoms with Crippen LogP contribution in [0.4, 0.5) is 0 Å². The quantitative estimate of drug-likeness (QED) is 0.528. The maximum Gasteiger partial charge on any atom is 0.330 e. The summed E-state index contributed by atoms with van der Waals surface area (Å²) in [4.78, 5) is 14.9. The lowest BCUT2D eigenvalue weighted by molar-refractivity contribution is -0.137. The van der Waals surface area contributed by atoms with Gasteiger partial charge in [-0.15, -0.1) is 0 Å².